The van der Waals surface area contributed by atoms with Crippen molar-refractivity contribution in [2.75, 3.05) is 25.4 Å². The molecule has 1 aromatic carbocycles. The molecule has 128 valence electrons. The molecule has 0 bridgehead atoms. The summed E-state index contributed by atoms with van der Waals surface area (Å²) < 4.78 is 0. The van der Waals surface area contributed by atoms with Crippen LogP contribution in [-0.2, 0) is 4.79 Å². The van der Waals surface area contributed by atoms with Gasteiger partial charge in [0, 0.05) is 19.6 Å². The average molecular weight is 345 g/mol. The summed E-state index contributed by atoms with van der Waals surface area (Å²) in [6.45, 7) is 6.43. The summed E-state index contributed by atoms with van der Waals surface area (Å²) in [5.74, 6) is 0.393. The normalized spacial score (nSPS) is 20.2. The van der Waals surface area contributed by atoms with Gasteiger partial charge in [0.15, 0.2) is 0 Å². The Hall–Kier alpha value is -1.63. The van der Waals surface area contributed by atoms with Crippen LogP contribution in [0.3, 0.4) is 0 Å². The van der Waals surface area contributed by atoms with Gasteiger partial charge < -0.3 is 5.11 Å². The van der Waals surface area contributed by atoms with Gasteiger partial charge >= 0.3 is 0 Å². The standard InChI is InChI=1S/C18H23N3O2S/c1-12-3-4-15(13(2)9-12)16(22)10-21-7-5-14(6-8-21)18-20-19-17(23)11-24-18/h3-5,9,16,22H,6-8,10-11H2,1-2H3,(H,19,23). The van der Waals surface area contributed by atoms with Gasteiger partial charge in [-0.25, -0.2) is 5.43 Å². The molecular weight excluding hydrogens is 322 g/mol. The van der Waals surface area contributed by atoms with Crippen molar-refractivity contribution >= 4 is 22.7 Å². The molecular formula is C18H23N3O2S. The van der Waals surface area contributed by atoms with Gasteiger partial charge in [-0.3, -0.25) is 9.69 Å². The lowest BCUT2D eigenvalue weighted by atomic mass is 10.00. The van der Waals surface area contributed by atoms with Gasteiger partial charge in [0.1, 0.15) is 5.04 Å². The van der Waals surface area contributed by atoms with Crippen LogP contribution in [0.1, 0.15) is 29.2 Å². The first-order chi connectivity index (χ1) is 11.5. The number of hydrogen-bond acceptors (Lipinski definition) is 5. The summed E-state index contributed by atoms with van der Waals surface area (Å²) in [5, 5.41) is 15.6. The van der Waals surface area contributed by atoms with Crippen LogP contribution in [0.5, 0.6) is 0 Å². The third-order valence-corrected chi connectivity index (χ3v) is 5.44. The van der Waals surface area contributed by atoms with Crippen molar-refractivity contribution < 1.29 is 9.90 Å². The van der Waals surface area contributed by atoms with Crippen LogP contribution in [0.15, 0.2) is 34.9 Å². The van der Waals surface area contributed by atoms with E-state index in [4.69, 9.17) is 0 Å². The molecule has 2 N–H and O–H groups in total. The molecule has 1 aromatic rings. The third-order valence-electron chi connectivity index (χ3n) is 4.41. The summed E-state index contributed by atoms with van der Waals surface area (Å²) in [4.78, 5) is 13.4. The predicted molar refractivity (Wildman–Crippen MR) is 98.1 cm³/mol. The van der Waals surface area contributed by atoms with Crippen LogP contribution in [-0.4, -0.2) is 46.3 Å². The second-order valence-electron chi connectivity index (χ2n) is 6.36. The first-order valence-corrected chi connectivity index (χ1v) is 9.18. The molecule has 24 heavy (non-hydrogen) atoms. The molecule has 0 saturated carbocycles. The average Bonchev–Trinajstić information content (AvgIpc) is 2.56. The first-order valence-electron chi connectivity index (χ1n) is 8.19. The highest BCUT2D eigenvalue weighted by molar-refractivity contribution is 8.15. The van der Waals surface area contributed by atoms with E-state index in [0.717, 1.165) is 35.7 Å². The summed E-state index contributed by atoms with van der Waals surface area (Å²) in [6.07, 6.45) is 2.57. The number of carbonyl (C=O) groups is 1. The maximum absolute atomic E-state index is 11.2. The number of carbonyl (C=O) groups excluding carboxylic acids is 1. The SMILES string of the molecule is Cc1ccc(C(O)CN2CC=C(C3=NNC(=O)CS3)CC2)c(C)c1. The second kappa shape index (κ2) is 7.51. The van der Waals surface area contributed by atoms with Crippen molar-refractivity contribution in [1.82, 2.24) is 10.3 Å². The Kier molecular flexibility index (Phi) is 5.38. The zero-order valence-corrected chi connectivity index (χ0v) is 14.9. The fourth-order valence-corrected chi connectivity index (χ4v) is 3.90. The van der Waals surface area contributed by atoms with Crippen LogP contribution in [0.25, 0.3) is 0 Å². The van der Waals surface area contributed by atoms with E-state index in [-0.39, 0.29) is 5.91 Å². The molecule has 3 rings (SSSR count). The van der Waals surface area contributed by atoms with Crippen LogP contribution in [0.2, 0.25) is 0 Å². The van der Waals surface area contributed by atoms with E-state index in [9.17, 15) is 9.90 Å². The highest BCUT2D eigenvalue weighted by Crippen LogP contribution is 2.24. The summed E-state index contributed by atoms with van der Waals surface area (Å²) in [7, 11) is 0. The molecule has 0 saturated heterocycles. The van der Waals surface area contributed by atoms with Crippen molar-refractivity contribution in [3.63, 3.8) is 0 Å². The number of rotatable bonds is 4. The van der Waals surface area contributed by atoms with E-state index < -0.39 is 6.10 Å². The number of aliphatic hydroxyl groups is 1. The highest BCUT2D eigenvalue weighted by atomic mass is 32.2. The van der Waals surface area contributed by atoms with E-state index >= 15 is 0 Å². The lowest BCUT2D eigenvalue weighted by Gasteiger charge is -2.29. The molecule has 2 aliphatic heterocycles. The first kappa shape index (κ1) is 17.2. The molecule has 2 aliphatic rings. The maximum atomic E-state index is 11.2. The maximum Gasteiger partial charge on any atom is 0.250 e. The number of aryl methyl sites for hydroxylation is 2. The number of benzene rings is 1. The lowest BCUT2D eigenvalue weighted by molar-refractivity contribution is -0.118. The molecule has 2 heterocycles. The third kappa shape index (κ3) is 4.06. The largest absolute Gasteiger partial charge is 0.387 e. The smallest absolute Gasteiger partial charge is 0.250 e. The molecule has 1 unspecified atom stereocenters. The van der Waals surface area contributed by atoms with Gasteiger partial charge in [0.25, 0.3) is 5.91 Å². The number of nitrogens with one attached hydrogen (secondary N) is 1. The molecule has 0 spiro atoms. The molecule has 0 radical (unpaired) electrons. The van der Waals surface area contributed by atoms with Gasteiger partial charge in [0.2, 0.25) is 0 Å². The quantitative estimate of drug-likeness (QED) is 0.878. The molecule has 1 atom stereocenters. The molecule has 6 heteroatoms. The van der Waals surface area contributed by atoms with Crippen molar-refractivity contribution in [2.24, 2.45) is 5.10 Å². The minimum absolute atomic E-state index is 0.0432. The number of hydrazone groups is 1. The molecule has 0 fully saturated rings. The second-order valence-corrected chi connectivity index (χ2v) is 7.32. The Morgan fingerprint density at radius 1 is 1.42 bits per heavy atom. The zero-order valence-electron chi connectivity index (χ0n) is 14.1. The summed E-state index contributed by atoms with van der Waals surface area (Å²) in [5.41, 5.74) is 7.09. The molecule has 5 nitrogen and oxygen atoms in total. The van der Waals surface area contributed by atoms with Gasteiger partial charge in [-0.05, 0) is 37.0 Å². The number of β-amino-alcohol motifs (C(OH)–C–C–N with tert-alkyl or cyclic N) is 1. The molecule has 1 amide bonds. The number of amides is 1. The Bertz CT molecular complexity index is 700. The van der Waals surface area contributed by atoms with Crippen LogP contribution in [0.4, 0.5) is 0 Å². The Morgan fingerprint density at radius 2 is 2.25 bits per heavy atom. The Labute approximate surface area is 146 Å². The van der Waals surface area contributed by atoms with Crippen molar-refractivity contribution in [3.05, 3.63) is 46.5 Å². The molecule has 0 aromatic heterocycles. The van der Waals surface area contributed by atoms with Gasteiger partial charge in [-0.1, -0.05) is 41.6 Å². The zero-order chi connectivity index (χ0) is 17.1. The van der Waals surface area contributed by atoms with Crippen LogP contribution in [0, 0.1) is 13.8 Å². The van der Waals surface area contributed by atoms with E-state index in [2.05, 4.69) is 34.5 Å². The fourth-order valence-electron chi connectivity index (χ4n) is 3.09. The van der Waals surface area contributed by atoms with Gasteiger partial charge in [-0.2, -0.15) is 5.10 Å². The predicted octanol–water partition coefficient (Wildman–Crippen LogP) is 2.15. The number of thioether (sulfide) groups is 1. The summed E-state index contributed by atoms with van der Waals surface area (Å²) in [6, 6.07) is 6.18. The minimum Gasteiger partial charge on any atom is -0.387 e. The van der Waals surface area contributed by atoms with E-state index in [0.29, 0.717) is 12.3 Å². The fraction of sp³-hybridized carbons (Fsp3) is 0.444. The Balaban J connectivity index is 1.59. The summed E-state index contributed by atoms with van der Waals surface area (Å²) >= 11 is 1.49. The van der Waals surface area contributed by atoms with Crippen molar-refractivity contribution in [1.29, 1.82) is 0 Å². The van der Waals surface area contributed by atoms with Gasteiger partial charge in [0.05, 0.1) is 11.9 Å². The van der Waals surface area contributed by atoms with Crippen LogP contribution >= 0.6 is 11.8 Å². The highest BCUT2D eigenvalue weighted by Gasteiger charge is 2.22. The lowest BCUT2D eigenvalue weighted by Crippen LogP contribution is -2.35. The van der Waals surface area contributed by atoms with Crippen molar-refractivity contribution in [3.8, 4) is 0 Å². The molecule has 0 aliphatic carbocycles. The number of nitrogens with zero attached hydrogens (tertiary/aromatic N) is 2. The topological polar surface area (TPSA) is 64.9 Å². The van der Waals surface area contributed by atoms with Crippen molar-refractivity contribution in [2.45, 2.75) is 26.4 Å². The van der Waals surface area contributed by atoms with E-state index in [1.54, 1.807) is 0 Å². The Morgan fingerprint density at radius 3 is 2.88 bits per heavy atom. The monoisotopic (exact) mass is 345 g/mol. The van der Waals surface area contributed by atoms with Gasteiger partial charge in [-0.15, -0.1) is 0 Å². The van der Waals surface area contributed by atoms with E-state index in [1.165, 1.54) is 22.9 Å². The van der Waals surface area contributed by atoms with Crippen LogP contribution < -0.4 is 5.43 Å². The van der Waals surface area contributed by atoms with E-state index in [1.807, 2.05) is 19.1 Å². The number of hydrogen-bond donors (Lipinski definition) is 2. The number of aliphatic hydroxyl groups excluding tert-OH is 1. The minimum atomic E-state index is -0.471.